The fourth-order valence-electron chi connectivity index (χ4n) is 2.08. The van der Waals surface area contributed by atoms with Crippen molar-refractivity contribution in [1.82, 2.24) is 15.3 Å². The van der Waals surface area contributed by atoms with Gasteiger partial charge in [-0.2, -0.15) is 0 Å². The highest BCUT2D eigenvalue weighted by molar-refractivity contribution is 7.16. The SMILES string of the molecule is c1ccc(CNCCCOc2ncnc3sccc23)cc1. The van der Waals surface area contributed by atoms with E-state index < -0.39 is 0 Å². The molecule has 0 fully saturated rings. The smallest absolute Gasteiger partial charge is 0.225 e. The van der Waals surface area contributed by atoms with Crippen LogP contribution < -0.4 is 10.1 Å². The van der Waals surface area contributed by atoms with E-state index in [4.69, 9.17) is 4.74 Å². The monoisotopic (exact) mass is 299 g/mol. The Morgan fingerprint density at radius 3 is 2.90 bits per heavy atom. The zero-order chi connectivity index (χ0) is 14.3. The second-order valence-corrected chi connectivity index (χ2v) is 5.58. The summed E-state index contributed by atoms with van der Waals surface area (Å²) in [7, 11) is 0. The van der Waals surface area contributed by atoms with Crippen LogP contribution in [-0.4, -0.2) is 23.1 Å². The molecule has 0 unspecified atom stereocenters. The van der Waals surface area contributed by atoms with Crippen LogP contribution in [0.5, 0.6) is 5.88 Å². The zero-order valence-electron chi connectivity index (χ0n) is 11.7. The van der Waals surface area contributed by atoms with Crippen molar-refractivity contribution in [3.8, 4) is 5.88 Å². The van der Waals surface area contributed by atoms with Gasteiger partial charge in [0, 0.05) is 6.54 Å². The average molecular weight is 299 g/mol. The highest BCUT2D eigenvalue weighted by Crippen LogP contribution is 2.25. The summed E-state index contributed by atoms with van der Waals surface area (Å²) in [6.07, 6.45) is 2.50. The maximum atomic E-state index is 5.75. The largest absolute Gasteiger partial charge is 0.477 e. The molecule has 3 rings (SSSR count). The van der Waals surface area contributed by atoms with Crippen molar-refractivity contribution in [2.45, 2.75) is 13.0 Å². The first-order valence-electron chi connectivity index (χ1n) is 6.99. The summed E-state index contributed by atoms with van der Waals surface area (Å²) < 4.78 is 5.75. The van der Waals surface area contributed by atoms with E-state index in [1.165, 1.54) is 5.56 Å². The molecule has 0 bridgehead atoms. The molecule has 5 heteroatoms. The number of hydrogen-bond acceptors (Lipinski definition) is 5. The number of benzene rings is 1. The number of nitrogens with zero attached hydrogens (tertiary/aromatic N) is 2. The lowest BCUT2D eigenvalue weighted by Crippen LogP contribution is -2.17. The molecule has 4 nitrogen and oxygen atoms in total. The van der Waals surface area contributed by atoms with E-state index >= 15 is 0 Å². The van der Waals surface area contributed by atoms with Gasteiger partial charge >= 0.3 is 0 Å². The predicted octanol–water partition coefficient (Wildman–Crippen LogP) is 3.25. The minimum absolute atomic E-state index is 0.656. The van der Waals surface area contributed by atoms with E-state index in [-0.39, 0.29) is 0 Å². The van der Waals surface area contributed by atoms with Gasteiger partial charge in [0.1, 0.15) is 11.2 Å². The topological polar surface area (TPSA) is 47.0 Å². The van der Waals surface area contributed by atoms with Crippen molar-refractivity contribution in [2.24, 2.45) is 0 Å². The van der Waals surface area contributed by atoms with Gasteiger partial charge in [0.25, 0.3) is 0 Å². The van der Waals surface area contributed by atoms with Crippen molar-refractivity contribution in [3.05, 3.63) is 53.7 Å². The third-order valence-corrected chi connectivity index (χ3v) is 3.95. The molecule has 108 valence electrons. The summed E-state index contributed by atoms with van der Waals surface area (Å²) in [6.45, 7) is 2.47. The summed E-state index contributed by atoms with van der Waals surface area (Å²) in [5.41, 5.74) is 1.30. The van der Waals surface area contributed by atoms with Gasteiger partial charge in [-0.05, 0) is 30.0 Å². The molecule has 2 aromatic heterocycles. The van der Waals surface area contributed by atoms with E-state index in [2.05, 4.69) is 39.6 Å². The average Bonchev–Trinajstić information content (AvgIpc) is 3.01. The van der Waals surface area contributed by atoms with Crippen molar-refractivity contribution in [3.63, 3.8) is 0 Å². The van der Waals surface area contributed by atoms with Gasteiger partial charge in [0.15, 0.2) is 0 Å². The van der Waals surface area contributed by atoms with E-state index in [0.717, 1.165) is 29.7 Å². The Morgan fingerprint density at radius 1 is 1.10 bits per heavy atom. The van der Waals surface area contributed by atoms with Gasteiger partial charge in [0.2, 0.25) is 5.88 Å². The van der Waals surface area contributed by atoms with E-state index in [1.807, 2.05) is 17.5 Å². The number of hydrogen-bond donors (Lipinski definition) is 1. The van der Waals surface area contributed by atoms with E-state index in [0.29, 0.717) is 12.5 Å². The molecule has 0 saturated carbocycles. The van der Waals surface area contributed by atoms with E-state index in [1.54, 1.807) is 17.7 Å². The molecule has 3 aromatic rings. The highest BCUT2D eigenvalue weighted by Gasteiger charge is 2.05. The second kappa shape index (κ2) is 7.15. The normalized spacial score (nSPS) is 10.9. The summed E-state index contributed by atoms with van der Waals surface area (Å²) in [4.78, 5) is 9.38. The van der Waals surface area contributed by atoms with Crippen LogP contribution in [0.1, 0.15) is 12.0 Å². The first-order valence-corrected chi connectivity index (χ1v) is 7.87. The highest BCUT2D eigenvalue weighted by atomic mass is 32.1. The van der Waals surface area contributed by atoms with Gasteiger partial charge < -0.3 is 10.1 Å². The summed E-state index contributed by atoms with van der Waals surface area (Å²) in [5.74, 6) is 0.685. The third kappa shape index (κ3) is 3.77. The van der Waals surface area contributed by atoms with Crippen LogP contribution >= 0.6 is 11.3 Å². The number of rotatable bonds is 7. The maximum Gasteiger partial charge on any atom is 0.225 e. The van der Waals surface area contributed by atoms with Crippen LogP contribution in [0, 0.1) is 0 Å². The van der Waals surface area contributed by atoms with Gasteiger partial charge in [0.05, 0.1) is 12.0 Å². The van der Waals surface area contributed by atoms with E-state index in [9.17, 15) is 0 Å². The molecule has 0 atom stereocenters. The summed E-state index contributed by atoms with van der Waals surface area (Å²) >= 11 is 1.60. The Labute approximate surface area is 127 Å². The van der Waals surface area contributed by atoms with Gasteiger partial charge in [-0.1, -0.05) is 30.3 Å². The molecular weight excluding hydrogens is 282 g/mol. The number of thiophene rings is 1. The van der Waals surface area contributed by atoms with Crippen LogP contribution in [0.25, 0.3) is 10.2 Å². The predicted molar refractivity (Wildman–Crippen MR) is 85.7 cm³/mol. The molecule has 0 radical (unpaired) electrons. The Balaban J connectivity index is 1.40. The molecule has 1 N–H and O–H groups in total. The lowest BCUT2D eigenvalue weighted by molar-refractivity contribution is 0.300. The fraction of sp³-hybridized carbons (Fsp3) is 0.250. The molecule has 0 spiro atoms. The second-order valence-electron chi connectivity index (χ2n) is 4.68. The molecule has 0 aliphatic heterocycles. The lowest BCUT2D eigenvalue weighted by atomic mass is 10.2. The summed E-state index contributed by atoms with van der Waals surface area (Å²) in [6, 6.07) is 12.4. The molecule has 2 heterocycles. The molecule has 0 saturated heterocycles. The molecule has 0 amide bonds. The Kier molecular flexibility index (Phi) is 4.76. The van der Waals surface area contributed by atoms with Crippen molar-refractivity contribution >= 4 is 21.6 Å². The molecule has 1 aromatic carbocycles. The molecular formula is C16H17N3OS. The lowest BCUT2D eigenvalue weighted by Gasteiger charge is -2.07. The quantitative estimate of drug-likeness (QED) is 0.680. The van der Waals surface area contributed by atoms with Crippen LogP contribution in [0.4, 0.5) is 0 Å². The van der Waals surface area contributed by atoms with Gasteiger partial charge in [-0.25, -0.2) is 9.97 Å². The van der Waals surface area contributed by atoms with Crippen molar-refractivity contribution < 1.29 is 4.74 Å². The van der Waals surface area contributed by atoms with Crippen LogP contribution in [0.3, 0.4) is 0 Å². The number of aromatic nitrogens is 2. The van der Waals surface area contributed by atoms with Gasteiger partial charge in [-0.15, -0.1) is 11.3 Å². The Morgan fingerprint density at radius 2 is 2.00 bits per heavy atom. The Hall–Kier alpha value is -1.98. The maximum absolute atomic E-state index is 5.75. The van der Waals surface area contributed by atoms with Gasteiger partial charge in [-0.3, -0.25) is 0 Å². The van der Waals surface area contributed by atoms with Crippen molar-refractivity contribution in [1.29, 1.82) is 0 Å². The first kappa shape index (κ1) is 14.0. The first-order chi connectivity index (χ1) is 10.4. The molecule has 0 aliphatic rings. The minimum Gasteiger partial charge on any atom is -0.477 e. The van der Waals surface area contributed by atoms with Crippen molar-refractivity contribution in [2.75, 3.05) is 13.2 Å². The number of fused-ring (bicyclic) bond motifs is 1. The Bertz CT molecular complexity index is 684. The minimum atomic E-state index is 0.656. The number of ether oxygens (including phenoxy) is 1. The number of nitrogens with one attached hydrogen (secondary N) is 1. The van der Waals surface area contributed by atoms with Crippen LogP contribution in [0.2, 0.25) is 0 Å². The molecule has 21 heavy (non-hydrogen) atoms. The van der Waals surface area contributed by atoms with Crippen LogP contribution in [0.15, 0.2) is 48.1 Å². The fourth-order valence-corrected chi connectivity index (χ4v) is 2.80. The third-order valence-electron chi connectivity index (χ3n) is 3.13. The summed E-state index contributed by atoms with van der Waals surface area (Å²) in [5, 5.41) is 6.42. The zero-order valence-corrected chi connectivity index (χ0v) is 12.5. The molecule has 0 aliphatic carbocycles. The standard InChI is InChI=1S/C16H17N3OS/c1-2-5-13(6-3-1)11-17-8-4-9-20-15-14-7-10-21-16(14)19-12-18-15/h1-3,5-7,10,12,17H,4,8-9,11H2. The van der Waals surface area contributed by atoms with Crippen LogP contribution in [-0.2, 0) is 6.54 Å².